The van der Waals surface area contributed by atoms with Gasteiger partial charge in [0, 0.05) is 6.08 Å². The lowest BCUT2D eigenvalue weighted by atomic mass is 9.94. The molecular formula is C19H32O3. The number of rotatable bonds is 11. The lowest BCUT2D eigenvalue weighted by molar-refractivity contribution is -0.131. The Morgan fingerprint density at radius 1 is 1.41 bits per heavy atom. The second kappa shape index (κ2) is 9.14. The van der Waals surface area contributed by atoms with E-state index in [-0.39, 0.29) is 5.60 Å². The largest absolute Gasteiger partial charge is 0.478 e. The van der Waals surface area contributed by atoms with Crippen LogP contribution in [0.5, 0.6) is 0 Å². The third-order valence-corrected chi connectivity index (χ3v) is 4.15. The van der Waals surface area contributed by atoms with Crippen LogP contribution in [0.1, 0.15) is 66.2 Å². The van der Waals surface area contributed by atoms with Gasteiger partial charge in [-0.05, 0) is 63.9 Å². The van der Waals surface area contributed by atoms with E-state index >= 15 is 0 Å². The van der Waals surface area contributed by atoms with Crippen molar-refractivity contribution >= 4 is 5.97 Å². The molecule has 22 heavy (non-hydrogen) atoms. The summed E-state index contributed by atoms with van der Waals surface area (Å²) >= 11 is 0. The summed E-state index contributed by atoms with van der Waals surface area (Å²) in [7, 11) is 0. The highest BCUT2D eigenvalue weighted by atomic mass is 16.5. The molecule has 0 radical (unpaired) electrons. The Morgan fingerprint density at radius 3 is 2.68 bits per heavy atom. The first-order chi connectivity index (χ1) is 10.3. The standard InChI is InChI=1S/C19H32O3/c1-15(7-5-8-16(2)13-18(20)21)9-6-12-19(3,4)22-14-17-10-11-17/h5,8,13,15,17H,6-7,9-12,14H2,1-4H3,(H,20,21). The molecular weight excluding hydrogens is 276 g/mol. The average molecular weight is 308 g/mol. The zero-order chi connectivity index (χ0) is 16.6. The maximum Gasteiger partial charge on any atom is 0.328 e. The normalized spacial score (nSPS) is 17.9. The summed E-state index contributed by atoms with van der Waals surface area (Å²) in [5, 5.41) is 8.64. The molecule has 126 valence electrons. The van der Waals surface area contributed by atoms with Crippen LogP contribution in [-0.4, -0.2) is 23.3 Å². The predicted molar refractivity (Wildman–Crippen MR) is 90.9 cm³/mol. The van der Waals surface area contributed by atoms with Gasteiger partial charge in [-0.2, -0.15) is 0 Å². The van der Waals surface area contributed by atoms with Crippen molar-refractivity contribution in [3.63, 3.8) is 0 Å². The van der Waals surface area contributed by atoms with Crippen molar-refractivity contribution in [1.29, 1.82) is 0 Å². The van der Waals surface area contributed by atoms with Gasteiger partial charge in [-0.25, -0.2) is 4.79 Å². The van der Waals surface area contributed by atoms with Gasteiger partial charge in [0.05, 0.1) is 12.2 Å². The van der Waals surface area contributed by atoms with Crippen LogP contribution >= 0.6 is 0 Å². The van der Waals surface area contributed by atoms with Crippen LogP contribution in [-0.2, 0) is 9.53 Å². The van der Waals surface area contributed by atoms with Crippen molar-refractivity contribution in [3.8, 4) is 0 Å². The van der Waals surface area contributed by atoms with E-state index < -0.39 is 5.97 Å². The zero-order valence-electron chi connectivity index (χ0n) is 14.6. The molecule has 1 aliphatic carbocycles. The van der Waals surface area contributed by atoms with Crippen molar-refractivity contribution in [2.24, 2.45) is 11.8 Å². The van der Waals surface area contributed by atoms with Crippen molar-refractivity contribution < 1.29 is 14.6 Å². The molecule has 0 spiro atoms. The second-order valence-electron chi connectivity index (χ2n) is 7.38. The maximum absolute atomic E-state index is 10.5. The number of hydrogen-bond donors (Lipinski definition) is 1. The molecule has 1 fully saturated rings. The molecule has 1 aliphatic rings. The molecule has 0 aromatic carbocycles. The Kier molecular flexibility index (Phi) is 7.88. The van der Waals surface area contributed by atoms with Crippen LogP contribution in [0, 0.1) is 11.8 Å². The molecule has 3 nitrogen and oxygen atoms in total. The van der Waals surface area contributed by atoms with Crippen LogP contribution < -0.4 is 0 Å². The summed E-state index contributed by atoms with van der Waals surface area (Å²) in [6.45, 7) is 9.38. The van der Waals surface area contributed by atoms with E-state index in [1.54, 1.807) is 0 Å². The first kappa shape index (κ1) is 19.0. The number of allylic oxidation sites excluding steroid dienone is 3. The summed E-state index contributed by atoms with van der Waals surface area (Å²) in [6.07, 6.45) is 12.4. The van der Waals surface area contributed by atoms with E-state index in [4.69, 9.17) is 9.84 Å². The predicted octanol–water partition coefficient (Wildman–Crippen LogP) is 4.98. The van der Waals surface area contributed by atoms with Crippen LogP contribution in [0.4, 0.5) is 0 Å². The van der Waals surface area contributed by atoms with Gasteiger partial charge in [0.15, 0.2) is 0 Å². The van der Waals surface area contributed by atoms with Crippen LogP contribution in [0.25, 0.3) is 0 Å². The minimum atomic E-state index is -0.886. The lowest BCUT2D eigenvalue weighted by Gasteiger charge is -2.26. The fourth-order valence-electron chi connectivity index (χ4n) is 2.42. The number of aliphatic carboxylic acids is 1. The molecule has 1 atom stereocenters. The van der Waals surface area contributed by atoms with E-state index in [1.807, 2.05) is 13.0 Å². The summed E-state index contributed by atoms with van der Waals surface area (Å²) in [5.41, 5.74) is 0.785. The topological polar surface area (TPSA) is 46.5 Å². The van der Waals surface area contributed by atoms with Gasteiger partial charge in [-0.1, -0.05) is 31.9 Å². The Labute approximate surface area is 135 Å². The number of hydrogen-bond acceptors (Lipinski definition) is 2. The number of carbonyl (C=O) groups is 1. The molecule has 0 bridgehead atoms. The van der Waals surface area contributed by atoms with Gasteiger partial charge in [0.25, 0.3) is 0 Å². The highest BCUT2D eigenvalue weighted by Crippen LogP contribution is 2.31. The van der Waals surface area contributed by atoms with Gasteiger partial charge in [0.1, 0.15) is 0 Å². The van der Waals surface area contributed by atoms with Gasteiger partial charge in [0.2, 0.25) is 0 Å². The number of ether oxygens (including phenoxy) is 1. The van der Waals surface area contributed by atoms with E-state index in [0.29, 0.717) is 5.92 Å². The van der Waals surface area contributed by atoms with Crippen LogP contribution in [0.3, 0.4) is 0 Å². The Morgan fingerprint density at radius 2 is 2.09 bits per heavy atom. The van der Waals surface area contributed by atoms with E-state index in [0.717, 1.165) is 30.9 Å². The highest BCUT2D eigenvalue weighted by molar-refractivity contribution is 5.81. The first-order valence-electron chi connectivity index (χ1n) is 8.50. The monoisotopic (exact) mass is 308 g/mol. The van der Waals surface area contributed by atoms with Gasteiger partial charge in [-0.15, -0.1) is 0 Å². The molecule has 1 unspecified atom stereocenters. The summed E-state index contributed by atoms with van der Waals surface area (Å²) < 4.78 is 6.01. The molecule has 0 aromatic heterocycles. The minimum absolute atomic E-state index is 0.00103. The van der Waals surface area contributed by atoms with Crippen molar-refractivity contribution in [3.05, 3.63) is 23.8 Å². The third kappa shape index (κ3) is 9.78. The first-order valence-corrected chi connectivity index (χ1v) is 8.50. The minimum Gasteiger partial charge on any atom is -0.478 e. The highest BCUT2D eigenvalue weighted by Gasteiger charge is 2.26. The Balaban J connectivity index is 2.15. The lowest BCUT2D eigenvalue weighted by Crippen LogP contribution is -2.25. The molecule has 1 rings (SSSR count). The van der Waals surface area contributed by atoms with Crippen molar-refractivity contribution in [1.82, 2.24) is 0 Å². The van der Waals surface area contributed by atoms with Gasteiger partial charge < -0.3 is 9.84 Å². The molecule has 0 saturated heterocycles. The van der Waals surface area contributed by atoms with Gasteiger partial charge >= 0.3 is 5.97 Å². The summed E-state index contributed by atoms with van der Waals surface area (Å²) in [6, 6.07) is 0. The Hall–Kier alpha value is -1.09. The molecule has 1 saturated carbocycles. The Bertz CT molecular complexity index is 403. The molecule has 3 heteroatoms. The van der Waals surface area contributed by atoms with E-state index in [9.17, 15) is 4.79 Å². The smallest absolute Gasteiger partial charge is 0.328 e. The summed E-state index contributed by atoms with van der Waals surface area (Å²) in [4.78, 5) is 10.5. The molecule has 0 aromatic rings. The van der Waals surface area contributed by atoms with E-state index in [2.05, 4.69) is 26.8 Å². The van der Waals surface area contributed by atoms with Crippen molar-refractivity contribution in [2.45, 2.75) is 71.8 Å². The molecule has 0 amide bonds. The number of carboxylic acid groups (broad SMARTS) is 1. The fraction of sp³-hybridized carbons (Fsp3) is 0.737. The molecule has 0 aliphatic heterocycles. The average Bonchev–Trinajstić information content (AvgIpc) is 3.19. The fourth-order valence-corrected chi connectivity index (χ4v) is 2.42. The van der Waals surface area contributed by atoms with Crippen molar-refractivity contribution in [2.75, 3.05) is 6.61 Å². The SMILES string of the molecule is CC(C=CCC(C)CCCC(C)(C)OCC1CC1)=CC(=O)O. The third-order valence-electron chi connectivity index (χ3n) is 4.15. The summed E-state index contributed by atoms with van der Waals surface area (Å²) in [5.74, 6) is 0.558. The van der Waals surface area contributed by atoms with E-state index in [1.165, 1.54) is 31.8 Å². The van der Waals surface area contributed by atoms with Gasteiger partial charge in [-0.3, -0.25) is 0 Å². The van der Waals surface area contributed by atoms with Crippen LogP contribution in [0.15, 0.2) is 23.8 Å². The number of carboxylic acids is 1. The quantitative estimate of drug-likeness (QED) is 0.433. The molecule has 0 heterocycles. The zero-order valence-corrected chi connectivity index (χ0v) is 14.6. The van der Waals surface area contributed by atoms with Crippen LogP contribution in [0.2, 0.25) is 0 Å². The molecule has 1 N–H and O–H groups in total. The maximum atomic E-state index is 10.5. The second-order valence-corrected chi connectivity index (χ2v) is 7.38.